The van der Waals surface area contributed by atoms with Crippen LogP contribution in [0.4, 0.5) is 5.69 Å². The molecule has 0 bridgehead atoms. The zero-order valence-corrected chi connectivity index (χ0v) is 24.1. The number of methoxy groups -OCH3 is 1. The Bertz CT molecular complexity index is 1470. The third kappa shape index (κ3) is 5.93. The minimum absolute atomic E-state index is 0.0919. The van der Waals surface area contributed by atoms with Crippen LogP contribution in [0.25, 0.3) is 12.2 Å². The molecule has 5 rings (SSSR count). The van der Waals surface area contributed by atoms with E-state index < -0.39 is 10.0 Å². The molecule has 0 N–H and O–H groups in total. The fourth-order valence-corrected chi connectivity index (χ4v) is 7.09. The molecule has 10 heteroatoms. The average Bonchev–Trinajstić information content (AvgIpc) is 3.37. The molecular formula is C30H36N4O5S. The standard InChI is InChI=1S/C30H36N4O5S/c1-22-7-9-24(10-8-22)11-12-28-29(23(2)31-39-28)40(36,37)34-15-13-25(14-16-34)30(35)33-19-17-32(18-20-33)26-5-4-6-27(21-26)38-3/h4-12,21,25H,13-20H2,1-3H3/b12-11+. The molecule has 0 spiro atoms. The van der Waals surface area contributed by atoms with Crippen molar-refractivity contribution in [2.75, 3.05) is 51.3 Å². The molecule has 40 heavy (non-hydrogen) atoms. The number of hydrogen-bond acceptors (Lipinski definition) is 7. The number of benzene rings is 2. The quantitative estimate of drug-likeness (QED) is 0.424. The number of aromatic nitrogens is 1. The predicted molar refractivity (Wildman–Crippen MR) is 155 cm³/mol. The molecular weight excluding hydrogens is 528 g/mol. The van der Waals surface area contributed by atoms with E-state index in [4.69, 9.17) is 9.26 Å². The molecule has 2 aliphatic rings. The maximum atomic E-state index is 13.6. The van der Waals surface area contributed by atoms with Crippen molar-refractivity contribution in [1.82, 2.24) is 14.4 Å². The molecule has 0 unspecified atom stereocenters. The van der Waals surface area contributed by atoms with Gasteiger partial charge in [0.05, 0.1) is 7.11 Å². The minimum Gasteiger partial charge on any atom is -0.497 e. The Hall–Kier alpha value is -3.63. The van der Waals surface area contributed by atoms with Crippen LogP contribution in [-0.2, 0) is 14.8 Å². The van der Waals surface area contributed by atoms with Gasteiger partial charge in [-0.1, -0.05) is 47.1 Å². The second kappa shape index (κ2) is 11.9. The highest BCUT2D eigenvalue weighted by atomic mass is 32.2. The van der Waals surface area contributed by atoms with Gasteiger partial charge in [0.2, 0.25) is 15.9 Å². The highest BCUT2D eigenvalue weighted by molar-refractivity contribution is 7.89. The minimum atomic E-state index is -3.82. The van der Waals surface area contributed by atoms with Crippen LogP contribution in [0.3, 0.4) is 0 Å². The maximum Gasteiger partial charge on any atom is 0.248 e. The fourth-order valence-electron chi connectivity index (χ4n) is 5.37. The fraction of sp³-hybridized carbons (Fsp3) is 0.400. The molecule has 2 aromatic carbocycles. The molecule has 1 amide bonds. The smallest absolute Gasteiger partial charge is 0.248 e. The zero-order chi connectivity index (χ0) is 28.3. The number of piperidine rings is 1. The van der Waals surface area contributed by atoms with Crippen LogP contribution in [-0.4, -0.2) is 75.1 Å². The Kier molecular flexibility index (Phi) is 8.27. The van der Waals surface area contributed by atoms with E-state index in [-0.39, 0.29) is 35.6 Å². The summed E-state index contributed by atoms with van der Waals surface area (Å²) in [6.07, 6.45) is 4.45. The normalized spacial score (nSPS) is 17.5. The molecule has 2 saturated heterocycles. The first-order valence-corrected chi connectivity index (χ1v) is 15.1. The van der Waals surface area contributed by atoms with Gasteiger partial charge in [0.25, 0.3) is 0 Å². The van der Waals surface area contributed by atoms with Crippen molar-refractivity contribution < 1.29 is 22.5 Å². The van der Waals surface area contributed by atoms with E-state index >= 15 is 0 Å². The number of aryl methyl sites for hydroxylation is 2. The van der Waals surface area contributed by atoms with Crippen molar-refractivity contribution in [2.45, 2.75) is 31.6 Å². The number of nitrogens with zero attached hydrogens (tertiary/aromatic N) is 4. The molecule has 3 heterocycles. The lowest BCUT2D eigenvalue weighted by molar-refractivity contribution is -0.137. The van der Waals surface area contributed by atoms with Crippen LogP contribution in [0.2, 0.25) is 0 Å². The summed E-state index contributed by atoms with van der Waals surface area (Å²) in [4.78, 5) is 17.6. The number of anilines is 1. The number of rotatable bonds is 7. The maximum absolute atomic E-state index is 13.6. The van der Waals surface area contributed by atoms with Gasteiger partial charge in [-0.15, -0.1) is 0 Å². The van der Waals surface area contributed by atoms with Gasteiger partial charge in [-0.05, 0) is 50.5 Å². The Labute approximate surface area is 236 Å². The van der Waals surface area contributed by atoms with Gasteiger partial charge >= 0.3 is 0 Å². The number of amides is 1. The summed E-state index contributed by atoms with van der Waals surface area (Å²) >= 11 is 0. The van der Waals surface area contributed by atoms with Gasteiger partial charge in [-0.2, -0.15) is 4.31 Å². The summed E-state index contributed by atoms with van der Waals surface area (Å²) in [6.45, 7) is 7.01. The first kappa shape index (κ1) is 27.9. The summed E-state index contributed by atoms with van der Waals surface area (Å²) in [7, 11) is -2.17. The molecule has 1 aromatic heterocycles. The molecule has 2 aliphatic heterocycles. The highest BCUT2D eigenvalue weighted by Gasteiger charge is 2.37. The molecule has 0 radical (unpaired) electrons. The van der Waals surface area contributed by atoms with Gasteiger partial charge in [0.15, 0.2) is 10.7 Å². The zero-order valence-electron chi connectivity index (χ0n) is 23.2. The van der Waals surface area contributed by atoms with Crippen LogP contribution >= 0.6 is 0 Å². The number of ether oxygens (including phenoxy) is 1. The number of carbonyl (C=O) groups excluding carboxylic acids is 1. The topological polar surface area (TPSA) is 96.2 Å². The molecule has 2 fully saturated rings. The molecule has 212 valence electrons. The van der Waals surface area contributed by atoms with E-state index in [0.717, 1.165) is 35.7 Å². The van der Waals surface area contributed by atoms with Gasteiger partial charge < -0.3 is 19.1 Å². The Balaban J connectivity index is 1.19. The number of sulfonamides is 1. The van der Waals surface area contributed by atoms with Crippen molar-refractivity contribution in [3.05, 3.63) is 71.1 Å². The molecule has 9 nitrogen and oxygen atoms in total. The Morgan fingerprint density at radius 2 is 1.68 bits per heavy atom. The van der Waals surface area contributed by atoms with Gasteiger partial charge in [0, 0.05) is 56.9 Å². The lowest BCUT2D eigenvalue weighted by atomic mass is 9.96. The van der Waals surface area contributed by atoms with Crippen molar-refractivity contribution in [2.24, 2.45) is 5.92 Å². The second-order valence-corrected chi connectivity index (χ2v) is 12.3. The summed E-state index contributed by atoms with van der Waals surface area (Å²) in [5.41, 5.74) is 3.50. The van der Waals surface area contributed by atoms with Gasteiger partial charge in [-0.3, -0.25) is 4.79 Å². The summed E-state index contributed by atoms with van der Waals surface area (Å²) < 4.78 is 39.4. The summed E-state index contributed by atoms with van der Waals surface area (Å²) in [5, 5.41) is 3.94. The third-order valence-electron chi connectivity index (χ3n) is 7.75. The number of piperazine rings is 1. The molecule has 0 aliphatic carbocycles. The van der Waals surface area contributed by atoms with Crippen LogP contribution in [0.15, 0.2) is 57.9 Å². The SMILES string of the molecule is COc1cccc(N2CCN(C(=O)C3CCN(S(=O)(=O)c4c(C)noc4/C=C/c4ccc(C)cc4)CC3)CC2)c1. The van der Waals surface area contributed by atoms with E-state index in [1.807, 2.05) is 60.4 Å². The van der Waals surface area contributed by atoms with Crippen molar-refractivity contribution in [3.8, 4) is 5.75 Å². The number of hydrogen-bond donors (Lipinski definition) is 0. The van der Waals surface area contributed by atoms with Crippen LogP contribution < -0.4 is 9.64 Å². The second-order valence-electron chi connectivity index (χ2n) is 10.4. The summed E-state index contributed by atoms with van der Waals surface area (Å²) in [5.74, 6) is 0.961. The lowest BCUT2D eigenvalue weighted by Crippen LogP contribution is -2.52. The van der Waals surface area contributed by atoms with Crippen LogP contribution in [0, 0.1) is 19.8 Å². The van der Waals surface area contributed by atoms with Crippen molar-refractivity contribution >= 4 is 33.8 Å². The number of carbonyl (C=O) groups is 1. The Morgan fingerprint density at radius 1 is 0.975 bits per heavy atom. The molecule has 0 saturated carbocycles. The van der Waals surface area contributed by atoms with E-state index in [1.165, 1.54) is 4.31 Å². The van der Waals surface area contributed by atoms with Gasteiger partial charge in [-0.25, -0.2) is 8.42 Å². The monoisotopic (exact) mass is 564 g/mol. The van der Waals surface area contributed by atoms with E-state index in [9.17, 15) is 13.2 Å². The average molecular weight is 565 g/mol. The first-order chi connectivity index (χ1) is 19.3. The van der Waals surface area contributed by atoms with E-state index in [0.29, 0.717) is 31.6 Å². The van der Waals surface area contributed by atoms with Crippen molar-refractivity contribution in [3.63, 3.8) is 0 Å². The van der Waals surface area contributed by atoms with E-state index in [1.54, 1.807) is 20.1 Å². The predicted octanol–water partition coefficient (Wildman–Crippen LogP) is 4.22. The van der Waals surface area contributed by atoms with Crippen molar-refractivity contribution in [1.29, 1.82) is 0 Å². The molecule has 0 atom stereocenters. The lowest BCUT2D eigenvalue weighted by Gasteiger charge is -2.39. The van der Waals surface area contributed by atoms with Crippen LogP contribution in [0.1, 0.15) is 35.4 Å². The highest BCUT2D eigenvalue weighted by Crippen LogP contribution is 2.30. The third-order valence-corrected chi connectivity index (χ3v) is 9.81. The summed E-state index contributed by atoms with van der Waals surface area (Å²) in [6, 6.07) is 15.9. The van der Waals surface area contributed by atoms with E-state index in [2.05, 4.69) is 16.1 Å². The van der Waals surface area contributed by atoms with Crippen LogP contribution in [0.5, 0.6) is 5.75 Å². The van der Waals surface area contributed by atoms with Gasteiger partial charge in [0.1, 0.15) is 11.4 Å². The first-order valence-electron chi connectivity index (χ1n) is 13.7. The Morgan fingerprint density at radius 3 is 2.35 bits per heavy atom. The molecule has 3 aromatic rings. The largest absolute Gasteiger partial charge is 0.497 e.